The highest BCUT2D eigenvalue weighted by atomic mass is 32.2. The van der Waals surface area contributed by atoms with Gasteiger partial charge < -0.3 is 20.1 Å². The van der Waals surface area contributed by atoms with Gasteiger partial charge in [0, 0.05) is 16.1 Å². The third-order valence-electron chi connectivity index (χ3n) is 6.83. The largest absolute Gasteiger partial charge is 0.497 e. The number of esters is 1. The Balaban J connectivity index is 1.34. The molecule has 1 aliphatic carbocycles. The van der Waals surface area contributed by atoms with Gasteiger partial charge in [-0.15, -0.1) is 21.5 Å². The zero-order valence-corrected chi connectivity index (χ0v) is 25.4. The molecule has 5 rings (SSSR count). The van der Waals surface area contributed by atoms with Gasteiger partial charge in [-0.2, -0.15) is 0 Å². The van der Waals surface area contributed by atoms with Crippen LogP contribution in [0.1, 0.15) is 57.2 Å². The number of benzene rings is 2. The maximum absolute atomic E-state index is 13.7. The molecule has 2 aromatic carbocycles. The number of thioether (sulfide) groups is 1. The number of aryl methyl sites for hydroxylation is 1. The second-order valence-electron chi connectivity index (χ2n) is 9.65. The summed E-state index contributed by atoms with van der Waals surface area (Å²) in [7, 11) is 1.55. The smallest absolute Gasteiger partial charge is 0.341 e. The molecule has 0 fully saturated rings. The fourth-order valence-corrected chi connectivity index (χ4v) is 6.85. The third kappa shape index (κ3) is 6.73. The molecular formula is C30H30FN5O5S2. The van der Waals surface area contributed by atoms with E-state index in [0.717, 1.165) is 41.5 Å². The minimum absolute atomic E-state index is 0.0278. The number of aromatic nitrogens is 3. The molecule has 224 valence electrons. The van der Waals surface area contributed by atoms with Crippen LogP contribution < -0.4 is 15.4 Å². The summed E-state index contributed by atoms with van der Waals surface area (Å²) in [6.07, 6.45) is 2.61. The summed E-state index contributed by atoms with van der Waals surface area (Å²) in [6, 6.07) is 12.4. The SMILES string of the molecule is CCOC(=O)c1c(NC(=O)C(C)Sc2nnc(CNC(=O)c3ccc(OC)cc3)n2-c2ccc(F)cc2)sc2c1CCC2. The molecule has 13 heteroatoms. The Hall–Kier alpha value is -4.23. The first-order valence-electron chi connectivity index (χ1n) is 13.7. The van der Waals surface area contributed by atoms with E-state index in [1.165, 1.54) is 23.5 Å². The Morgan fingerprint density at radius 1 is 1.09 bits per heavy atom. The topological polar surface area (TPSA) is 124 Å². The van der Waals surface area contributed by atoms with Crippen LogP contribution in [0.5, 0.6) is 5.75 Å². The van der Waals surface area contributed by atoms with Crippen molar-refractivity contribution in [1.82, 2.24) is 20.1 Å². The van der Waals surface area contributed by atoms with Crippen molar-refractivity contribution < 1.29 is 28.2 Å². The van der Waals surface area contributed by atoms with Crippen LogP contribution in [0.3, 0.4) is 0 Å². The first-order chi connectivity index (χ1) is 20.8. The molecule has 1 unspecified atom stereocenters. The van der Waals surface area contributed by atoms with Gasteiger partial charge in [0.2, 0.25) is 5.91 Å². The molecule has 0 saturated carbocycles. The fourth-order valence-electron chi connectivity index (χ4n) is 4.68. The van der Waals surface area contributed by atoms with Crippen molar-refractivity contribution in [3.63, 3.8) is 0 Å². The van der Waals surface area contributed by atoms with E-state index in [1.54, 1.807) is 61.9 Å². The van der Waals surface area contributed by atoms with Crippen LogP contribution in [0.15, 0.2) is 53.7 Å². The Kier molecular flexibility index (Phi) is 9.41. The average Bonchev–Trinajstić information content (AvgIpc) is 3.71. The number of methoxy groups -OCH3 is 1. The van der Waals surface area contributed by atoms with Crippen molar-refractivity contribution in [2.75, 3.05) is 19.0 Å². The molecule has 10 nitrogen and oxygen atoms in total. The number of amides is 2. The van der Waals surface area contributed by atoms with Crippen LogP contribution in [0.4, 0.5) is 9.39 Å². The molecule has 0 radical (unpaired) electrons. The van der Waals surface area contributed by atoms with Crippen LogP contribution in [0.25, 0.3) is 5.69 Å². The number of carbonyl (C=O) groups is 3. The molecule has 43 heavy (non-hydrogen) atoms. The lowest BCUT2D eigenvalue weighted by molar-refractivity contribution is -0.115. The molecule has 0 saturated heterocycles. The Morgan fingerprint density at radius 3 is 2.53 bits per heavy atom. The highest BCUT2D eigenvalue weighted by Crippen LogP contribution is 2.40. The molecule has 2 aromatic heterocycles. The highest BCUT2D eigenvalue weighted by Gasteiger charge is 2.30. The Morgan fingerprint density at radius 2 is 1.84 bits per heavy atom. The minimum Gasteiger partial charge on any atom is -0.497 e. The standard InChI is InChI=1S/C30H30FN5O5S2/c1-4-41-29(39)25-22-6-5-7-23(22)43-28(25)33-26(37)17(2)42-30-35-34-24(36(30)20-12-10-19(31)11-13-20)16-32-27(38)18-8-14-21(40-3)15-9-18/h8-15,17H,4-7,16H2,1-3H3,(H,32,38)(H,33,37). The second kappa shape index (κ2) is 13.4. The van der Waals surface area contributed by atoms with Crippen LogP contribution in [0.2, 0.25) is 0 Å². The molecular weight excluding hydrogens is 593 g/mol. The number of anilines is 1. The quantitative estimate of drug-likeness (QED) is 0.173. The summed E-state index contributed by atoms with van der Waals surface area (Å²) in [6.45, 7) is 3.74. The van der Waals surface area contributed by atoms with Gasteiger partial charge in [-0.1, -0.05) is 11.8 Å². The predicted octanol–water partition coefficient (Wildman–Crippen LogP) is 5.19. The molecule has 1 aliphatic rings. The maximum atomic E-state index is 13.7. The summed E-state index contributed by atoms with van der Waals surface area (Å²) in [4.78, 5) is 39.9. The van der Waals surface area contributed by atoms with E-state index in [-0.39, 0.29) is 25.0 Å². The number of hydrogen-bond donors (Lipinski definition) is 2. The van der Waals surface area contributed by atoms with Gasteiger partial charge in [0.25, 0.3) is 5.91 Å². The Bertz CT molecular complexity index is 1640. The number of halogens is 1. The Labute approximate surface area is 256 Å². The van der Waals surface area contributed by atoms with Gasteiger partial charge in [-0.05, 0) is 87.2 Å². The minimum atomic E-state index is -0.642. The number of carbonyl (C=O) groups excluding carboxylic acids is 3. The number of thiophene rings is 1. The van der Waals surface area contributed by atoms with E-state index in [0.29, 0.717) is 38.5 Å². The van der Waals surface area contributed by atoms with Crippen molar-refractivity contribution in [3.8, 4) is 11.4 Å². The number of rotatable bonds is 11. The van der Waals surface area contributed by atoms with Crippen LogP contribution >= 0.6 is 23.1 Å². The van der Waals surface area contributed by atoms with E-state index in [1.807, 2.05) is 0 Å². The highest BCUT2D eigenvalue weighted by molar-refractivity contribution is 8.00. The molecule has 0 bridgehead atoms. The van der Waals surface area contributed by atoms with Gasteiger partial charge >= 0.3 is 5.97 Å². The summed E-state index contributed by atoms with van der Waals surface area (Å²) in [5.41, 5.74) is 2.40. The maximum Gasteiger partial charge on any atom is 0.341 e. The number of nitrogens with zero attached hydrogens (tertiary/aromatic N) is 3. The molecule has 1 atom stereocenters. The molecule has 4 aromatic rings. The van der Waals surface area contributed by atoms with E-state index < -0.39 is 17.0 Å². The second-order valence-corrected chi connectivity index (χ2v) is 12.1. The molecule has 2 heterocycles. The lowest BCUT2D eigenvalue weighted by Gasteiger charge is -2.14. The van der Waals surface area contributed by atoms with Crippen LogP contribution in [-0.4, -0.2) is 51.5 Å². The van der Waals surface area contributed by atoms with E-state index in [2.05, 4.69) is 20.8 Å². The summed E-state index contributed by atoms with van der Waals surface area (Å²) in [5, 5.41) is 14.5. The van der Waals surface area contributed by atoms with Gasteiger partial charge in [0.05, 0.1) is 31.1 Å². The summed E-state index contributed by atoms with van der Waals surface area (Å²) >= 11 is 2.56. The first kappa shape index (κ1) is 30.2. The van der Waals surface area contributed by atoms with Crippen molar-refractivity contribution in [2.45, 2.75) is 50.1 Å². The van der Waals surface area contributed by atoms with Crippen LogP contribution in [0, 0.1) is 5.82 Å². The molecule has 0 spiro atoms. The van der Waals surface area contributed by atoms with E-state index in [4.69, 9.17) is 9.47 Å². The fraction of sp³-hybridized carbons (Fsp3) is 0.300. The van der Waals surface area contributed by atoms with Gasteiger partial charge in [0.1, 0.15) is 16.6 Å². The lowest BCUT2D eigenvalue weighted by atomic mass is 10.1. The van der Waals surface area contributed by atoms with Crippen molar-refractivity contribution >= 4 is 45.9 Å². The molecule has 2 amide bonds. The van der Waals surface area contributed by atoms with E-state index in [9.17, 15) is 18.8 Å². The van der Waals surface area contributed by atoms with E-state index >= 15 is 0 Å². The summed E-state index contributed by atoms with van der Waals surface area (Å²) in [5.74, 6) is -0.462. The van der Waals surface area contributed by atoms with Crippen molar-refractivity contribution in [1.29, 1.82) is 0 Å². The third-order valence-corrected chi connectivity index (χ3v) is 9.08. The molecule has 0 aliphatic heterocycles. The lowest BCUT2D eigenvalue weighted by Crippen LogP contribution is -2.25. The number of hydrogen-bond acceptors (Lipinski definition) is 9. The first-order valence-corrected chi connectivity index (χ1v) is 15.4. The van der Waals surface area contributed by atoms with Crippen LogP contribution in [-0.2, 0) is 28.9 Å². The van der Waals surface area contributed by atoms with Crippen molar-refractivity contribution in [2.24, 2.45) is 0 Å². The summed E-state index contributed by atoms with van der Waals surface area (Å²) < 4.78 is 25.8. The average molecular weight is 624 g/mol. The number of ether oxygens (including phenoxy) is 2. The van der Waals surface area contributed by atoms with Crippen molar-refractivity contribution in [3.05, 3.63) is 81.7 Å². The van der Waals surface area contributed by atoms with Gasteiger partial charge in [-0.25, -0.2) is 9.18 Å². The number of fused-ring (bicyclic) bond motifs is 1. The molecule has 2 N–H and O–H groups in total. The predicted molar refractivity (Wildman–Crippen MR) is 162 cm³/mol. The monoisotopic (exact) mass is 623 g/mol. The zero-order valence-electron chi connectivity index (χ0n) is 23.8. The normalized spacial score (nSPS) is 12.8. The van der Waals surface area contributed by atoms with Gasteiger partial charge in [0.15, 0.2) is 11.0 Å². The number of nitrogens with one attached hydrogen (secondary N) is 2. The van der Waals surface area contributed by atoms with Gasteiger partial charge in [-0.3, -0.25) is 14.2 Å². The zero-order chi connectivity index (χ0) is 30.5.